The first-order valence-electron chi connectivity index (χ1n) is 12.6. The summed E-state index contributed by atoms with van der Waals surface area (Å²) < 4.78 is 5.68. The first kappa shape index (κ1) is 24.8. The molecule has 7 nitrogen and oxygen atoms in total. The van der Waals surface area contributed by atoms with Crippen LogP contribution in [0.5, 0.6) is 0 Å². The molecule has 2 amide bonds. The lowest BCUT2D eigenvalue weighted by Crippen LogP contribution is -2.43. The van der Waals surface area contributed by atoms with Gasteiger partial charge in [0, 0.05) is 31.0 Å². The topological polar surface area (TPSA) is 95.9 Å². The molecule has 1 fully saturated rings. The molecule has 7 heteroatoms. The number of likely N-dealkylation sites (tertiary alicyclic amines) is 1. The molecule has 2 aromatic carbocycles. The third-order valence-corrected chi connectivity index (χ3v) is 7.10. The van der Waals surface area contributed by atoms with Crippen molar-refractivity contribution in [2.75, 3.05) is 13.2 Å². The summed E-state index contributed by atoms with van der Waals surface area (Å²) in [7, 11) is 0. The molecule has 2 atom stereocenters. The molecule has 0 spiro atoms. The lowest BCUT2D eigenvalue weighted by atomic mass is 9.98. The van der Waals surface area contributed by atoms with E-state index in [1.165, 1.54) is 11.1 Å². The number of fused-ring (bicyclic) bond motifs is 3. The number of carboxylic acids is 1. The number of amides is 2. The third kappa shape index (κ3) is 5.84. The molecule has 0 radical (unpaired) electrons. The molecule has 2 N–H and O–H groups in total. The average Bonchev–Trinajstić information content (AvgIpc) is 3.43. The Morgan fingerprint density at radius 2 is 1.74 bits per heavy atom. The molecule has 2 aliphatic rings. The molecule has 4 rings (SSSR count). The number of carbonyl (C=O) groups is 3. The molecule has 1 heterocycles. The number of unbranched alkanes of at least 4 members (excludes halogenated alkanes) is 1. The van der Waals surface area contributed by atoms with Gasteiger partial charge in [-0.2, -0.15) is 0 Å². The zero-order valence-electron chi connectivity index (χ0n) is 20.2. The zero-order chi connectivity index (χ0) is 24.8. The Labute approximate surface area is 206 Å². The van der Waals surface area contributed by atoms with Crippen LogP contribution in [-0.2, 0) is 14.3 Å². The number of carboxylic acid groups (broad SMARTS) is 1. The van der Waals surface area contributed by atoms with Gasteiger partial charge < -0.3 is 20.1 Å². The summed E-state index contributed by atoms with van der Waals surface area (Å²) in [4.78, 5) is 38.6. The quantitative estimate of drug-likeness (QED) is 0.504. The molecule has 186 valence electrons. The minimum atomic E-state index is -0.894. The number of carbonyl (C=O) groups excluding carboxylic acids is 2. The van der Waals surface area contributed by atoms with Gasteiger partial charge in [0.25, 0.3) is 0 Å². The number of nitrogens with one attached hydrogen (secondary N) is 1. The average molecular weight is 479 g/mol. The molecule has 1 aliphatic heterocycles. The highest BCUT2D eigenvalue weighted by molar-refractivity contribution is 5.80. The summed E-state index contributed by atoms with van der Waals surface area (Å²) in [6.45, 7) is 2.86. The lowest BCUT2D eigenvalue weighted by Gasteiger charge is -2.26. The molecule has 0 bridgehead atoms. The van der Waals surface area contributed by atoms with Crippen molar-refractivity contribution in [1.82, 2.24) is 10.2 Å². The molecule has 2 aromatic rings. The minimum absolute atomic E-state index is 0.0229. The summed E-state index contributed by atoms with van der Waals surface area (Å²) >= 11 is 0. The van der Waals surface area contributed by atoms with Crippen LogP contribution in [0.4, 0.5) is 4.79 Å². The van der Waals surface area contributed by atoms with E-state index < -0.39 is 12.1 Å². The maximum atomic E-state index is 13.0. The monoisotopic (exact) mass is 478 g/mol. The first-order valence-corrected chi connectivity index (χ1v) is 12.6. The number of rotatable bonds is 10. The Bertz CT molecular complexity index is 1020. The van der Waals surface area contributed by atoms with Crippen LogP contribution >= 0.6 is 0 Å². The van der Waals surface area contributed by atoms with E-state index in [0.717, 1.165) is 30.4 Å². The van der Waals surface area contributed by atoms with Crippen molar-refractivity contribution in [3.8, 4) is 11.1 Å². The Morgan fingerprint density at radius 3 is 2.37 bits per heavy atom. The molecule has 1 saturated heterocycles. The van der Waals surface area contributed by atoms with Crippen LogP contribution in [0, 0.1) is 0 Å². The van der Waals surface area contributed by atoms with E-state index in [4.69, 9.17) is 9.84 Å². The predicted octanol–water partition coefficient (Wildman–Crippen LogP) is 4.94. The fourth-order valence-corrected chi connectivity index (χ4v) is 5.39. The van der Waals surface area contributed by atoms with Crippen molar-refractivity contribution in [3.63, 3.8) is 0 Å². The highest BCUT2D eigenvalue weighted by atomic mass is 16.5. The molecular weight excluding hydrogens is 444 g/mol. The summed E-state index contributed by atoms with van der Waals surface area (Å²) in [5, 5.41) is 12.1. The second kappa shape index (κ2) is 11.4. The van der Waals surface area contributed by atoms with E-state index in [0.29, 0.717) is 19.4 Å². The first-order chi connectivity index (χ1) is 17.0. The maximum absolute atomic E-state index is 13.0. The SMILES string of the molecule is CCCC[C@@H](CC(=O)N1CCCC1CC(=O)O)NC(=O)OCC1c2ccccc2-c2ccccc21. The van der Waals surface area contributed by atoms with Crippen LogP contribution in [0.2, 0.25) is 0 Å². The normalized spacial score (nSPS) is 17.5. The van der Waals surface area contributed by atoms with Crippen LogP contribution in [0.3, 0.4) is 0 Å². The second-order valence-electron chi connectivity index (χ2n) is 9.49. The summed E-state index contributed by atoms with van der Waals surface area (Å²) in [6.07, 6.45) is 3.60. The molecule has 0 aromatic heterocycles. The maximum Gasteiger partial charge on any atom is 0.407 e. The molecule has 0 saturated carbocycles. The van der Waals surface area contributed by atoms with E-state index in [1.54, 1.807) is 4.90 Å². The Morgan fingerprint density at radius 1 is 1.09 bits per heavy atom. The van der Waals surface area contributed by atoms with E-state index >= 15 is 0 Å². The molecular formula is C28H34N2O5. The van der Waals surface area contributed by atoms with Gasteiger partial charge in [0.15, 0.2) is 0 Å². The van der Waals surface area contributed by atoms with Crippen LogP contribution in [-0.4, -0.2) is 53.2 Å². The number of aliphatic carboxylic acids is 1. The van der Waals surface area contributed by atoms with Gasteiger partial charge in [0.05, 0.1) is 6.42 Å². The zero-order valence-corrected chi connectivity index (χ0v) is 20.2. The number of alkyl carbamates (subject to hydrolysis) is 1. The van der Waals surface area contributed by atoms with E-state index in [-0.39, 0.29) is 43.4 Å². The Balaban J connectivity index is 1.37. The number of nitrogens with zero attached hydrogens (tertiary/aromatic N) is 1. The highest BCUT2D eigenvalue weighted by Crippen LogP contribution is 2.44. The van der Waals surface area contributed by atoms with Gasteiger partial charge in [-0.25, -0.2) is 4.79 Å². The van der Waals surface area contributed by atoms with Crippen LogP contribution < -0.4 is 5.32 Å². The van der Waals surface area contributed by atoms with Crippen molar-refractivity contribution in [2.24, 2.45) is 0 Å². The van der Waals surface area contributed by atoms with Crippen LogP contribution in [0.25, 0.3) is 11.1 Å². The van der Waals surface area contributed by atoms with Gasteiger partial charge in [-0.15, -0.1) is 0 Å². The van der Waals surface area contributed by atoms with Gasteiger partial charge in [0.1, 0.15) is 6.61 Å². The highest BCUT2D eigenvalue weighted by Gasteiger charge is 2.32. The predicted molar refractivity (Wildman–Crippen MR) is 133 cm³/mol. The van der Waals surface area contributed by atoms with E-state index in [1.807, 2.05) is 24.3 Å². The van der Waals surface area contributed by atoms with Gasteiger partial charge in [0.2, 0.25) is 5.91 Å². The van der Waals surface area contributed by atoms with E-state index in [2.05, 4.69) is 36.5 Å². The molecule has 1 aliphatic carbocycles. The fourth-order valence-electron chi connectivity index (χ4n) is 5.39. The number of ether oxygens (including phenoxy) is 1. The Kier molecular flexibility index (Phi) is 8.06. The van der Waals surface area contributed by atoms with Crippen molar-refractivity contribution in [2.45, 2.75) is 69.9 Å². The number of hydrogen-bond acceptors (Lipinski definition) is 4. The fraction of sp³-hybridized carbons (Fsp3) is 0.464. The molecule has 35 heavy (non-hydrogen) atoms. The summed E-state index contributed by atoms with van der Waals surface area (Å²) in [5.41, 5.74) is 4.64. The largest absolute Gasteiger partial charge is 0.481 e. The van der Waals surface area contributed by atoms with Crippen LogP contribution in [0.15, 0.2) is 48.5 Å². The third-order valence-electron chi connectivity index (χ3n) is 7.10. The number of benzene rings is 2. The van der Waals surface area contributed by atoms with Gasteiger partial charge in [-0.05, 0) is 41.5 Å². The second-order valence-corrected chi connectivity index (χ2v) is 9.49. The van der Waals surface area contributed by atoms with Crippen molar-refractivity contribution in [1.29, 1.82) is 0 Å². The minimum Gasteiger partial charge on any atom is -0.481 e. The van der Waals surface area contributed by atoms with Crippen molar-refractivity contribution in [3.05, 3.63) is 59.7 Å². The standard InChI is InChI=1S/C28H34N2O5/c1-2-3-9-19(16-26(31)30-15-8-10-20(30)17-27(32)33)29-28(34)35-18-25-23-13-6-4-11-21(23)22-12-5-7-14-24(22)25/h4-7,11-14,19-20,25H,2-3,8-10,15-18H2,1H3,(H,29,34)(H,32,33)/t19-,20?/m0/s1. The van der Waals surface area contributed by atoms with Crippen molar-refractivity contribution < 1.29 is 24.2 Å². The summed E-state index contributed by atoms with van der Waals surface area (Å²) in [5.74, 6) is -1.02. The van der Waals surface area contributed by atoms with Gasteiger partial charge in [-0.1, -0.05) is 68.3 Å². The van der Waals surface area contributed by atoms with Gasteiger partial charge >= 0.3 is 12.1 Å². The summed E-state index contributed by atoms with van der Waals surface area (Å²) in [6, 6.07) is 15.8. The molecule has 1 unspecified atom stereocenters. The smallest absolute Gasteiger partial charge is 0.407 e. The van der Waals surface area contributed by atoms with Crippen LogP contribution in [0.1, 0.15) is 68.9 Å². The number of hydrogen-bond donors (Lipinski definition) is 2. The van der Waals surface area contributed by atoms with Gasteiger partial charge in [-0.3, -0.25) is 9.59 Å². The Hall–Kier alpha value is -3.35. The van der Waals surface area contributed by atoms with E-state index in [9.17, 15) is 14.4 Å². The van der Waals surface area contributed by atoms with Crippen molar-refractivity contribution >= 4 is 18.0 Å². The lowest BCUT2D eigenvalue weighted by molar-refractivity contribution is -0.140.